The van der Waals surface area contributed by atoms with Gasteiger partial charge in [-0.3, -0.25) is 4.79 Å². The largest absolute Gasteiger partial charge is 0.495 e. The molecule has 4 aromatic rings. The van der Waals surface area contributed by atoms with E-state index >= 15 is 0 Å². The van der Waals surface area contributed by atoms with E-state index in [-0.39, 0.29) is 17.3 Å². The van der Waals surface area contributed by atoms with Gasteiger partial charge < -0.3 is 19.0 Å². The number of ether oxygens (including phenoxy) is 1. The second kappa shape index (κ2) is 9.54. The van der Waals surface area contributed by atoms with Gasteiger partial charge in [0, 0.05) is 12.7 Å². The van der Waals surface area contributed by atoms with Crippen molar-refractivity contribution in [3.8, 4) is 22.7 Å². The molecule has 1 aliphatic rings. The lowest BCUT2D eigenvalue weighted by atomic mass is 9.93. The Morgan fingerprint density at radius 3 is 2.67 bits per heavy atom. The fourth-order valence-corrected chi connectivity index (χ4v) is 4.82. The Bertz CT molecular complexity index is 1520. The number of aliphatic hydroxyl groups is 1. The zero-order chi connectivity index (χ0) is 25.4. The normalized spacial score (nSPS) is 16.2. The predicted octanol–water partition coefficient (Wildman–Crippen LogP) is 4.62. The Kier molecular flexibility index (Phi) is 6.28. The molecule has 0 bridgehead atoms. The van der Waals surface area contributed by atoms with E-state index in [1.54, 1.807) is 25.6 Å². The predicted molar refractivity (Wildman–Crippen MR) is 136 cm³/mol. The standard InChI is InChI=1S/C28H27FN4O3/c1-17-10-21(11-19-4-9-24(25(12-19)36-3)32-14-18(2)30-16-32)27-31-28(35)23(15-34)26(33(27)13-17)20-5-7-22(29)8-6-20/h4-9,11-12,14,16-17,34H,10,13,15H2,1-3H3/b21-11-. The zero-order valence-corrected chi connectivity index (χ0v) is 20.4. The van der Waals surface area contributed by atoms with Crippen LogP contribution >= 0.6 is 0 Å². The van der Waals surface area contributed by atoms with Crippen molar-refractivity contribution in [1.29, 1.82) is 0 Å². The maximum absolute atomic E-state index is 13.6. The maximum atomic E-state index is 13.6. The smallest absolute Gasteiger partial charge is 0.279 e. The van der Waals surface area contributed by atoms with Crippen LogP contribution in [-0.4, -0.2) is 31.3 Å². The summed E-state index contributed by atoms with van der Waals surface area (Å²) in [7, 11) is 1.63. The molecule has 1 aliphatic heterocycles. The third-order valence-corrected chi connectivity index (χ3v) is 6.44. The van der Waals surface area contributed by atoms with Crippen molar-refractivity contribution in [2.24, 2.45) is 5.92 Å². The van der Waals surface area contributed by atoms with Gasteiger partial charge in [-0.05, 0) is 78.4 Å². The van der Waals surface area contributed by atoms with E-state index in [9.17, 15) is 14.3 Å². The lowest BCUT2D eigenvalue weighted by molar-refractivity contribution is 0.278. The van der Waals surface area contributed by atoms with Crippen molar-refractivity contribution in [3.05, 3.63) is 93.8 Å². The van der Waals surface area contributed by atoms with Gasteiger partial charge >= 0.3 is 0 Å². The number of hydrogen-bond acceptors (Lipinski definition) is 5. The van der Waals surface area contributed by atoms with Crippen LogP contribution in [-0.2, 0) is 13.2 Å². The second-order valence-electron chi connectivity index (χ2n) is 9.18. The van der Waals surface area contributed by atoms with Gasteiger partial charge in [0.1, 0.15) is 17.4 Å². The molecular weight excluding hydrogens is 459 g/mol. The number of aliphatic hydroxyl groups excluding tert-OH is 1. The van der Waals surface area contributed by atoms with Crippen molar-refractivity contribution in [3.63, 3.8) is 0 Å². The molecule has 1 N–H and O–H groups in total. The summed E-state index contributed by atoms with van der Waals surface area (Å²) < 4.78 is 23.2. The summed E-state index contributed by atoms with van der Waals surface area (Å²) >= 11 is 0. The number of rotatable bonds is 5. The highest BCUT2D eigenvalue weighted by Crippen LogP contribution is 2.35. The quantitative estimate of drug-likeness (QED) is 0.445. The third-order valence-electron chi connectivity index (χ3n) is 6.44. The van der Waals surface area contributed by atoms with Crippen LogP contribution in [0.5, 0.6) is 5.75 Å². The molecule has 2 aromatic heterocycles. The molecule has 5 rings (SSSR count). The molecule has 36 heavy (non-hydrogen) atoms. The van der Waals surface area contributed by atoms with Gasteiger partial charge in [-0.15, -0.1) is 0 Å². The molecule has 0 radical (unpaired) electrons. The van der Waals surface area contributed by atoms with Crippen molar-refractivity contribution < 1.29 is 14.2 Å². The van der Waals surface area contributed by atoms with Gasteiger partial charge in [0.2, 0.25) is 0 Å². The first-order valence-electron chi connectivity index (χ1n) is 11.8. The number of methoxy groups -OCH3 is 1. The lowest BCUT2D eigenvalue weighted by Gasteiger charge is -2.29. The Morgan fingerprint density at radius 1 is 1.22 bits per heavy atom. The van der Waals surface area contributed by atoms with Crippen LogP contribution in [0.15, 0.2) is 59.8 Å². The first kappa shape index (κ1) is 23.7. The van der Waals surface area contributed by atoms with Crippen LogP contribution in [0.2, 0.25) is 0 Å². The average Bonchev–Trinajstić information content (AvgIpc) is 3.30. The molecule has 8 heteroatoms. The zero-order valence-electron chi connectivity index (χ0n) is 20.4. The summed E-state index contributed by atoms with van der Waals surface area (Å²) in [6.07, 6.45) is 6.43. The van der Waals surface area contributed by atoms with Crippen molar-refractivity contribution in [2.45, 2.75) is 33.4 Å². The molecule has 0 saturated heterocycles. The number of benzene rings is 2. The summed E-state index contributed by atoms with van der Waals surface area (Å²) in [5.41, 5.74) is 4.57. The molecule has 0 saturated carbocycles. The van der Waals surface area contributed by atoms with E-state index in [1.165, 1.54) is 12.1 Å². The summed E-state index contributed by atoms with van der Waals surface area (Å²) in [5, 5.41) is 10.0. The number of hydrogen-bond donors (Lipinski definition) is 1. The maximum Gasteiger partial charge on any atom is 0.279 e. The Hall–Kier alpha value is -4.04. The van der Waals surface area contributed by atoms with Gasteiger partial charge in [0.05, 0.1) is 42.7 Å². The Labute approximate surface area is 208 Å². The molecule has 0 amide bonds. The van der Waals surface area contributed by atoms with Crippen LogP contribution in [0.3, 0.4) is 0 Å². The molecule has 0 fully saturated rings. The van der Waals surface area contributed by atoms with Crippen LogP contribution in [0, 0.1) is 18.7 Å². The molecule has 0 spiro atoms. The summed E-state index contributed by atoms with van der Waals surface area (Å²) in [6, 6.07) is 11.9. The van der Waals surface area contributed by atoms with E-state index in [4.69, 9.17) is 4.74 Å². The molecule has 0 aliphatic carbocycles. The summed E-state index contributed by atoms with van der Waals surface area (Å²) in [5.74, 6) is 1.15. The molecule has 184 valence electrons. The Balaban J connectivity index is 1.65. The Morgan fingerprint density at radius 2 is 2.00 bits per heavy atom. The SMILES string of the molecule is COc1cc(/C=C2/CC(C)Cn3c2nc(=O)c(CO)c3-c2ccc(F)cc2)ccc1-n1cnc(C)c1. The molecule has 2 aromatic carbocycles. The minimum Gasteiger partial charge on any atom is -0.495 e. The molecule has 1 atom stereocenters. The molecule has 3 heterocycles. The van der Waals surface area contributed by atoms with E-state index in [1.807, 2.05) is 46.5 Å². The van der Waals surface area contributed by atoms with E-state index in [2.05, 4.69) is 16.9 Å². The van der Waals surface area contributed by atoms with Gasteiger partial charge in [-0.25, -0.2) is 9.37 Å². The first-order chi connectivity index (χ1) is 17.4. The average molecular weight is 487 g/mol. The molecule has 7 nitrogen and oxygen atoms in total. The number of halogens is 1. The van der Waals surface area contributed by atoms with E-state index in [0.29, 0.717) is 29.4 Å². The summed E-state index contributed by atoms with van der Waals surface area (Å²) in [4.78, 5) is 21.6. The topological polar surface area (TPSA) is 82.2 Å². The monoisotopic (exact) mass is 486 g/mol. The fraction of sp³-hybridized carbons (Fsp3) is 0.250. The van der Waals surface area contributed by atoms with Crippen LogP contribution in [0.4, 0.5) is 4.39 Å². The van der Waals surface area contributed by atoms with Crippen molar-refractivity contribution in [2.75, 3.05) is 7.11 Å². The minimum atomic E-state index is -0.480. The number of allylic oxidation sites excluding steroid dienone is 1. The van der Waals surface area contributed by atoms with Crippen LogP contribution < -0.4 is 10.3 Å². The highest BCUT2D eigenvalue weighted by molar-refractivity contribution is 5.81. The lowest BCUT2D eigenvalue weighted by Crippen LogP contribution is -2.29. The number of aromatic nitrogens is 4. The first-order valence-corrected chi connectivity index (χ1v) is 11.8. The van der Waals surface area contributed by atoms with Gasteiger partial charge in [0.25, 0.3) is 5.56 Å². The van der Waals surface area contributed by atoms with Crippen LogP contribution in [0.1, 0.15) is 36.0 Å². The van der Waals surface area contributed by atoms with Crippen molar-refractivity contribution >= 4 is 11.6 Å². The van der Waals surface area contributed by atoms with Gasteiger partial charge in [-0.2, -0.15) is 4.98 Å². The highest BCUT2D eigenvalue weighted by Gasteiger charge is 2.26. The highest BCUT2D eigenvalue weighted by atomic mass is 19.1. The number of fused-ring (bicyclic) bond motifs is 1. The minimum absolute atomic E-state index is 0.209. The number of aryl methyl sites for hydroxylation is 1. The fourth-order valence-electron chi connectivity index (χ4n) is 4.82. The van der Waals surface area contributed by atoms with E-state index < -0.39 is 12.2 Å². The number of nitrogens with zero attached hydrogens (tertiary/aromatic N) is 4. The third kappa shape index (κ3) is 4.35. The van der Waals surface area contributed by atoms with Gasteiger partial charge in [0.15, 0.2) is 0 Å². The van der Waals surface area contributed by atoms with E-state index in [0.717, 1.165) is 28.9 Å². The van der Waals surface area contributed by atoms with Gasteiger partial charge in [-0.1, -0.05) is 13.0 Å². The molecule has 1 unspecified atom stereocenters. The summed E-state index contributed by atoms with van der Waals surface area (Å²) in [6.45, 7) is 4.24. The molecular formula is C28H27FN4O3. The van der Waals surface area contributed by atoms with Crippen LogP contribution in [0.25, 0.3) is 28.6 Å². The second-order valence-corrected chi connectivity index (χ2v) is 9.18. The number of imidazole rings is 1. The van der Waals surface area contributed by atoms with Crippen molar-refractivity contribution in [1.82, 2.24) is 19.1 Å².